The molecule has 0 N–H and O–H groups in total. The van der Waals surface area contributed by atoms with Gasteiger partial charge in [-0.25, -0.2) is 0 Å². The maximum Gasteiger partial charge on any atom is 0.225 e. The number of morpholine rings is 1. The Morgan fingerprint density at radius 1 is 1.17 bits per heavy atom. The minimum Gasteiger partial charge on any atom is -0.492 e. The smallest absolute Gasteiger partial charge is 0.225 e. The Morgan fingerprint density at radius 3 is 2.58 bits per heavy atom. The average molecular weight is 332 g/mol. The summed E-state index contributed by atoms with van der Waals surface area (Å²) in [6, 6.07) is 8.12. The minimum absolute atomic E-state index is 0.191. The van der Waals surface area contributed by atoms with Crippen LogP contribution in [-0.2, 0) is 9.53 Å². The van der Waals surface area contributed by atoms with E-state index in [4.69, 9.17) is 9.47 Å². The number of rotatable bonds is 5. The highest BCUT2D eigenvalue weighted by Gasteiger charge is 2.29. The summed E-state index contributed by atoms with van der Waals surface area (Å²) < 4.78 is 11.2. The number of aryl methyl sites for hydroxylation is 1. The summed E-state index contributed by atoms with van der Waals surface area (Å²) in [5.74, 6) is 1.49. The summed E-state index contributed by atoms with van der Waals surface area (Å²) >= 11 is 0. The molecule has 2 aliphatic rings. The monoisotopic (exact) mass is 332 g/mol. The third-order valence-electron chi connectivity index (χ3n) is 5.02. The summed E-state index contributed by atoms with van der Waals surface area (Å²) in [7, 11) is 0. The van der Waals surface area contributed by atoms with Gasteiger partial charge in [0.25, 0.3) is 0 Å². The van der Waals surface area contributed by atoms with Crippen LogP contribution in [0.25, 0.3) is 0 Å². The largest absolute Gasteiger partial charge is 0.492 e. The molecule has 0 saturated carbocycles. The zero-order chi connectivity index (χ0) is 16.8. The first-order chi connectivity index (χ1) is 11.7. The van der Waals surface area contributed by atoms with Gasteiger partial charge in [-0.2, -0.15) is 0 Å². The lowest BCUT2D eigenvalue weighted by molar-refractivity contribution is -0.141. The van der Waals surface area contributed by atoms with Crippen LogP contribution in [0.4, 0.5) is 0 Å². The fourth-order valence-corrected chi connectivity index (χ4v) is 3.45. The van der Waals surface area contributed by atoms with Gasteiger partial charge in [0, 0.05) is 25.6 Å². The molecule has 5 nitrogen and oxygen atoms in total. The number of piperidine rings is 1. The number of likely N-dealkylation sites (tertiary alicyclic amines) is 1. The van der Waals surface area contributed by atoms with Crippen molar-refractivity contribution in [2.75, 3.05) is 52.5 Å². The van der Waals surface area contributed by atoms with Gasteiger partial charge in [0.05, 0.1) is 13.2 Å². The number of amides is 1. The number of benzene rings is 1. The molecule has 132 valence electrons. The number of nitrogens with zero attached hydrogens (tertiary/aromatic N) is 2. The maximum atomic E-state index is 12.5. The SMILES string of the molecule is Cc1ccccc1OCCN1CCC(C(=O)N2CCOCC2)CC1. The van der Waals surface area contributed by atoms with E-state index in [0.29, 0.717) is 25.7 Å². The second kappa shape index (κ2) is 8.49. The van der Waals surface area contributed by atoms with Gasteiger partial charge < -0.3 is 14.4 Å². The second-order valence-corrected chi connectivity index (χ2v) is 6.67. The van der Waals surface area contributed by atoms with Crippen molar-refractivity contribution in [2.24, 2.45) is 5.92 Å². The Morgan fingerprint density at radius 2 is 1.88 bits per heavy atom. The molecule has 24 heavy (non-hydrogen) atoms. The van der Waals surface area contributed by atoms with Crippen LogP contribution in [-0.4, -0.2) is 68.3 Å². The zero-order valence-electron chi connectivity index (χ0n) is 14.6. The van der Waals surface area contributed by atoms with E-state index in [2.05, 4.69) is 17.9 Å². The van der Waals surface area contributed by atoms with E-state index in [1.54, 1.807) is 0 Å². The summed E-state index contributed by atoms with van der Waals surface area (Å²) in [4.78, 5) is 16.9. The van der Waals surface area contributed by atoms with Crippen LogP contribution in [0.2, 0.25) is 0 Å². The number of para-hydroxylation sites is 1. The van der Waals surface area contributed by atoms with Gasteiger partial charge in [-0.1, -0.05) is 18.2 Å². The van der Waals surface area contributed by atoms with E-state index in [0.717, 1.165) is 51.3 Å². The Hall–Kier alpha value is -1.59. The lowest BCUT2D eigenvalue weighted by atomic mass is 9.95. The van der Waals surface area contributed by atoms with Gasteiger partial charge in [0.2, 0.25) is 5.91 Å². The van der Waals surface area contributed by atoms with E-state index in [1.165, 1.54) is 5.56 Å². The summed E-state index contributed by atoms with van der Waals surface area (Å²) in [5.41, 5.74) is 1.17. The molecule has 0 aromatic heterocycles. The number of hydrogen-bond acceptors (Lipinski definition) is 4. The minimum atomic E-state index is 0.191. The molecular weight excluding hydrogens is 304 g/mol. The Bertz CT molecular complexity index is 535. The molecule has 1 aromatic carbocycles. The third-order valence-corrected chi connectivity index (χ3v) is 5.02. The maximum absolute atomic E-state index is 12.5. The van der Waals surface area contributed by atoms with Crippen LogP contribution < -0.4 is 4.74 Å². The van der Waals surface area contributed by atoms with E-state index in [9.17, 15) is 4.79 Å². The Balaban J connectivity index is 1.37. The zero-order valence-corrected chi connectivity index (χ0v) is 14.6. The Kier molecular flexibility index (Phi) is 6.10. The first-order valence-corrected chi connectivity index (χ1v) is 9.01. The molecule has 0 unspecified atom stereocenters. The molecule has 0 atom stereocenters. The van der Waals surface area contributed by atoms with E-state index < -0.39 is 0 Å². The molecule has 2 saturated heterocycles. The van der Waals surface area contributed by atoms with E-state index in [1.807, 2.05) is 23.1 Å². The van der Waals surface area contributed by atoms with Crippen molar-refractivity contribution in [1.29, 1.82) is 0 Å². The topological polar surface area (TPSA) is 42.0 Å². The molecule has 2 aliphatic heterocycles. The van der Waals surface area contributed by atoms with Crippen LogP contribution in [0.15, 0.2) is 24.3 Å². The molecule has 3 rings (SSSR count). The van der Waals surface area contributed by atoms with E-state index >= 15 is 0 Å². The van der Waals surface area contributed by atoms with Gasteiger partial charge in [0.15, 0.2) is 0 Å². The van der Waals surface area contributed by atoms with Gasteiger partial charge in [-0.3, -0.25) is 9.69 Å². The number of ether oxygens (including phenoxy) is 2. The first kappa shape index (κ1) is 17.2. The standard InChI is InChI=1S/C19H28N2O3/c1-16-4-2-3-5-18(16)24-15-10-20-8-6-17(7-9-20)19(22)21-11-13-23-14-12-21/h2-5,17H,6-15H2,1H3. The van der Waals surface area contributed by atoms with Crippen molar-refractivity contribution >= 4 is 5.91 Å². The molecule has 5 heteroatoms. The third kappa shape index (κ3) is 4.48. The fraction of sp³-hybridized carbons (Fsp3) is 0.632. The molecule has 2 heterocycles. The first-order valence-electron chi connectivity index (χ1n) is 9.01. The molecule has 0 spiro atoms. The number of hydrogen-bond donors (Lipinski definition) is 0. The molecule has 1 amide bonds. The van der Waals surface area contributed by atoms with Crippen LogP contribution in [0, 0.1) is 12.8 Å². The summed E-state index contributed by atoms with van der Waals surface area (Å²) in [6.45, 7) is 8.53. The second-order valence-electron chi connectivity index (χ2n) is 6.67. The highest BCUT2D eigenvalue weighted by atomic mass is 16.5. The normalized spacial score (nSPS) is 20.1. The predicted octanol–water partition coefficient (Wildman–Crippen LogP) is 1.94. The van der Waals surface area contributed by atoms with Gasteiger partial charge in [-0.05, 0) is 44.5 Å². The lowest BCUT2D eigenvalue weighted by Crippen LogP contribution is -2.47. The highest BCUT2D eigenvalue weighted by molar-refractivity contribution is 5.79. The van der Waals surface area contributed by atoms with Crippen LogP contribution in [0.3, 0.4) is 0 Å². The molecule has 1 aromatic rings. The van der Waals surface area contributed by atoms with E-state index in [-0.39, 0.29) is 5.92 Å². The molecule has 2 fully saturated rings. The average Bonchev–Trinajstić information content (AvgIpc) is 2.64. The molecule has 0 aliphatic carbocycles. The Labute approximate surface area is 144 Å². The quantitative estimate of drug-likeness (QED) is 0.826. The van der Waals surface area contributed by atoms with Gasteiger partial charge in [-0.15, -0.1) is 0 Å². The number of carbonyl (C=O) groups is 1. The molecular formula is C19H28N2O3. The summed E-state index contributed by atoms with van der Waals surface area (Å²) in [5, 5.41) is 0. The number of carbonyl (C=O) groups excluding carboxylic acids is 1. The van der Waals surface area contributed by atoms with Crippen LogP contribution in [0.5, 0.6) is 5.75 Å². The van der Waals surface area contributed by atoms with Crippen molar-refractivity contribution in [1.82, 2.24) is 9.80 Å². The lowest BCUT2D eigenvalue weighted by Gasteiger charge is -2.35. The van der Waals surface area contributed by atoms with Crippen molar-refractivity contribution in [3.8, 4) is 5.75 Å². The van der Waals surface area contributed by atoms with Crippen LogP contribution >= 0.6 is 0 Å². The molecule has 0 bridgehead atoms. The fourth-order valence-electron chi connectivity index (χ4n) is 3.45. The van der Waals surface area contributed by atoms with Crippen LogP contribution in [0.1, 0.15) is 18.4 Å². The van der Waals surface area contributed by atoms with Gasteiger partial charge >= 0.3 is 0 Å². The van der Waals surface area contributed by atoms with Crippen molar-refractivity contribution < 1.29 is 14.3 Å². The highest BCUT2D eigenvalue weighted by Crippen LogP contribution is 2.21. The molecule has 0 radical (unpaired) electrons. The van der Waals surface area contributed by atoms with Crippen molar-refractivity contribution in [3.05, 3.63) is 29.8 Å². The van der Waals surface area contributed by atoms with Crippen molar-refractivity contribution in [3.63, 3.8) is 0 Å². The van der Waals surface area contributed by atoms with Gasteiger partial charge in [0.1, 0.15) is 12.4 Å². The van der Waals surface area contributed by atoms with Crippen molar-refractivity contribution in [2.45, 2.75) is 19.8 Å². The summed E-state index contributed by atoms with van der Waals surface area (Å²) in [6.07, 6.45) is 1.92. The predicted molar refractivity (Wildman–Crippen MR) is 93.2 cm³/mol.